The smallest absolute Gasteiger partial charge is 0.247 e. The van der Waals surface area contributed by atoms with Gasteiger partial charge in [0, 0.05) is 23.5 Å². The van der Waals surface area contributed by atoms with Crippen molar-refractivity contribution >= 4 is 17.2 Å². The summed E-state index contributed by atoms with van der Waals surface area (Å²) in [5.41, 5.74) is 2.09. The molecule has 1 aromatic rings. The highest BCUT2D eigenvalue weighted by molar-refractivity contribution is 7.10. The number of rotatable bonds is 4. The van der Waals surface area contributed by atoms with Crippen LogP contribution in [0.15, 0.2) is 28.7 Å². The molecule has 2 heterocycles. The zero-order chi connectivity index (χ0) is 13.1. The maximum absolute atomic E-state index is 12.2. The van der Waals surface area contributed by atoms with Crippen LogP contribution in [0.3, 0.4) is 0 Å². The van der Waals surface area contributed by atoms with E-state index in [1.54, 1.807) is 11.3 Å². The van der Waals surface area contributed by atoms with Gasteiger partial charge in [0.25, 0.3) is 0 Å². The molecule has 18 heavy (non-hydrogen) atoms. The summed E-state index contributed by atoms with van der Waals surface area (Å²) in [6.07, 6.45) is 0. The van der Waals surface area contributed by atoms with E-state index in [1.165, 1.54) is 10.5 Å². The number of hydrogen-bond donors (Lipinski definition) is 2. The number of carbonyl (C=O) groups is 1. The van der Waals surface area contributed by atoms with Crippen molar-refractivity contribution in [3.8, 4) is 0 Å². The zero-order valence-electron chi connectivity index (χ0n) is 11.1. The molecule has 1 saturated heterocycles. The van der Waals surface area contributed by atoms with E-state index in [0.717, 1.165) is 18.7 Å². The molecule has 0 aliphatic carbocycles. The summed E-state index contributed by atoms with van der Waals surface area (Å²) in [6.45, 7) is 7.89. The van der Waals surface area contributed by atoms with Gasteiger partial charge in [0.2, 0.25) is 5.91 Å². The lowest BCUT2D eigenvalue weighted by molar-refractivity contribution is -0.118. The van der Waals surface area contributed by atoms with E-state index in [4.69, 9.17) is 0 Å². The lowest BCUT2D eigenvalue weighted by Crippen LogP contribution is -2.39. The Morgan fingerprint density at radius 1 is 1.44 bits per heavy atom. The van der Waals surface area contributed by atoms with Gasteiger partial charge in [-0.3, -0.25) is 4.79 Å². The van der Waals surface area contributed by atoms with Crippen LogP contribution in [0.2, 0.25) is 0 Å². The molecule has 98 valence electrons. The van der Waals surface area contributed by atoms with Crippen molar-refractivity contribution in [3.63, 3.8) is 0 Å². The van der Waals surface area contributed by atoms with E-state index in [2.05, 4.69) is 35.9 Å². The molecule has 4 heteroatoms. The first kappa shape index (κ1) is 13.3. The lowest BCUT2D eigenvalue weighted by atomic mass is 10.00. The topological polar surface area (TPSA) is 41.1 Å². The van der Waals surface area contributed by atoms with Crippen molar-refractivity contribution in [2.45, 2.75) is 26.8 Å². The number of thiophene rings is 1. The molecule has 1 unspecified atom stereocenters. The van der Waals surface area contributed by atoms with Crippen molar-refractivity contribution in [3.05, 3.63) is 33.5 Å². The van der Waals surface area contributed by atoms with Crippen LogP contribution in [0.1, 0.15) is 31.7 Å². The molecular weight excluding hydrogens is 244 g/mol. The second-order valence-electron chi connectivity index (χ2n) is 5.04. The third-order valence-electron chi connectivity index (χ3n) is 3.35. The maximum Gasteiger partial charge on any atom is 0.247 e. The number of nitrogens with one attached hydrogen (secondary N) is 2. The van der Waals surface area contributed by atoms with Crippen LogP contribution in [-0.4, -0.2) is 19.0 Å². The van der Waals surface area contributed by atoms with Crippen LogP contribution >= 0.6 is 11.3 Å². The van der Waals surface area contributed by atoms with E-state index in [0.29, 0.717) is 5.92 Å². The molecule has 1 amide bonds. The summed E-state index contributed by atoms with van der Waals surface area (Å²) in [5.74, 6) is 0.462. The van der Waals surface area contributed by atoms with Gasteiger partial charge in [-0.2, -0.15) is 0 Å². The van der Waals surface area contributed by atoms with Gasteiger partial charge in [0.15, 0.2) is 0 Å². The summed E-state index contributed by atoms with van der Waals surface area (Å²) in [7, 11) is 0. The SMILES string of the molecule is CC(C(=O)NC(c1cccs1)C(C)C)=C1CNC1. The number of amides is 1. The quantitative estimate of drug-likeness (QED) is 0.820. The molecule has 2 N–H and O–H groups in total. The highest BCUT2D eigenvalue weighted by Crippen LogP contribution is 2.26. The molecule has 0 spiro atoms. The molecule has 3 nitrogen and oxygen atoms in total. The normalized spacial score (nSPS) is 16.3. The molecule has 1 atom stereocenters. The second-order valence-corrected chi connectivity index (χ2v) is 6.02. The largest absolute Gasteiger partial charge is 0.344 e. The van der Waals surface area contributed by atoms with Crippen LogP contribution in [-0.2, 0) is 4.79 Å². The van der Waals surface area contributed by atoms with Crippen molar-refractivity contribution < 1.29 is 4.79 Å². The summed E-state index contributed by atoms with van der Waals surface area (Å²) < 4.78 is 0. The van der Waals surface area contributed by atoms with E-state index < -0.39 is 0 Å². The first-order chi connectivity index (χ1) is 8.59. The van der Waals surface area contributed by atoms with Gasteiger partial charge in [-0.15, -0.1) is 11.3 Å². The molecule has 1 fully saturated rings. The predicted octanol–water partition coefficient (Wildman–Crippen LogP) is 2.48. The average Bonchev–Trinajstić information content (AvgIpc) is 2.75. The highest BCUT2D eigenvalue weighted by Gasteiger charge is 2.22. The monoisotopic (exact) mass is 264 g/mol. The molecule has 1 aliphatic rings. The maximum atomic E-state index is 12.2. The van der Waals surface area contributed by atoms with Crippen LogP contribution in [0.4, 0.5) is 0 Å². The molecule has 0 bridgehead atoms. The second kappa shape index (κ2) is 5.67. The Kier molecular flexibility index (Phi) is 4.19. The van der Waals surface area contributed by atoms with Gasteiger partial charge in [0.05, 0.1) is 6.04 Å². The van der Waals surface area contributed by atoms with Gasteiger partial charge in [-0.1, -0.05) is 19.9 Å². The Hall–Kier alpha value is -1.13. The third-order valence-corrected chi connectivity index (χ3v) is 4.31. The fourth-order valence-electron chi connectivity index (χ4n) is 1.96. The van der Waals surface area contributed by atoms with Crippen molar-refractivity contribution in [1.82, 2.24) is 10.6 Å². The molecular formula is C14H20N2OS. The third kappa shape index (κ3) is 2.82. The lowest BCUT2D eigenvalue weighted by Gasteiger charge is -2.25. The Morgan fingerprint density at radius 2 is 2.17 bits per heavy atom. The van der Waals surface area contributed by atoms with Crippen molar-refractivity contribution in [2.75, 3.05) is 13.1 Å². The van der Waals surface area contributed by atoms with Gasteiger partial charge in [-0.05, 0) is 29.9 Å². The van der Waals surface area contributed by atoms with Gasteiger partial charge in [-0.25, -0.2) is 0 Å². The Bertz CT molecular complexity index is 442. The summed E-state index contributed by atoms with van der Waals surface area (Å²) >= 11 is 1.70. The Labute approximate surface area is 112 Å². The number of hydrogen-bond acceptors (Lipinski definition) is 3. The first-order valence-electron chi connectivity index (χ1n) is 6.33. The molecule has 1 aromatic heterocycles. The van der Waals surface area contributed by atoms with Gasteiger partial charge >= 0.3 is 0 Å². The van der Waals surface area contributed by atoms with Gasteiger partial charge in [0.1, 0.15) is 0 Å². The van der Waals surface area contributed by atoms with E-state index in [9.17, 15) is 4.79 Å². The van der Waals surface area contributed by atoms with E-state index in [1.807, 2.05) is 13.0 Å². The Morgan fingerprint density at radius 3 is 2.61 bits per heavy atom. The van der Waals surface area contributed by atoms with E-state index >= 15 is 0 Å². The fourth-order valence-corrected chi connectivity index (χ4v) is 2.91. The van der Waals surface area contributed by atoms with E-state index in [-0.39, 0.29) is 11.9 Å². The highest BCUT2D eigenvalue weighted by atomic mass is 32.1. The van der Waals surface area contributed by atoms with Gasteiger partial charge < -0.3 is 10.6 Å². The standard InChI is InChI=1S/C14H20N2OS/c1-9(2)13(12-5-4-6-18-12)16-14(17)10(3)11-7-15-8-11/h4-6,9,13,15H,7-8H2,1-3H3,(H,16,17). The summed E-state index contributed by atoms with van der Waals surface area (Å²) in [5, 5.41) is 8.37. The molecule has 1 aliphatic heterocycles. The van der Waals surface area contributed by atoms with Crippen LogP contribution in [0.5, 0.6) is 0 Å². The van der Waals surface area contributed by atoms with Crippen LogP contribution < -0.4 is 10.6 Å². The minimum Gasteiger partial charge on any atom is -0.344 e. The summed E-state index contributed by atoms with van der Waals surface area (Å²) in [4.78, 5) is 13.4. The first-order valence-corrected chi connectivity index (χ1v) is 7.21. The molecule has 0 saturated carbocycles. The Balaban J connectivity index is 2.08. The van der Waals surface area contributed by atoms with Crippen molar-refractivity contribution in [1.29, 1.82) is 0 Å². The fraction of sp³-hybridized carbons (Fsp3) is 0.500. The van der Waals surface area contributed by atoms with Crippen molar-refractivity contribution in [2.24, 2.45) is 5.92 Å². The average molecular weight is 264 g/mol. The zero-order valence-corrected chi connectivity index (χ0v) is 11.9. The molecule has 0 aromatic carbocycles. The molecule has 2 rings (SSSR count). The van der Waals surface area contributed by atoms with Crippen LogP contribution in [0, 0.1) is 5.92 Å². The molecule has 0 radical (unpaired) electrons. The minimum atomic E-state index is 0.0681. The number of carbonyl (C=O) groups excluding carboxylic acids is 1. The summed E-state index contributed by atoms with van der Waals surface area (Å²) in [6, 6.07) is 4.23. The minimum absolute atomic E-state index is 0.0681. The van der Waals surface area contributed by atoms with Crippen LogP contribution in [0.25, 0.3) is 0 Å². The predicted molar refractivity (Wildman–Crippen MR) is 75.6 cm³/mol.